The van der Waals surface area contributed by atoms with Crippen LogP contribution in [0.1, 0.15) is 0 Å². The first-order valence-corrected chi connectivity index (χ1v) is 6.26. The molecule has 1 aliphatic rings. The van der Waals surface area contributed by atoms with E-state index >= 15 is 0 Å². The number of fused-ring (bicyclic) bond motifs is 2. The van der Waals surface area contributed by atoms with Gasteiger partial charge in [0, 0.05) is 11.8 Å². The largest absolute Gasteiger partial charge is 0.495 e. The van der Waals surface area contributed by atoms with Gasteiger partial charge in [-0.3, -0.25) is 0 Å². The first-order chi connectivity index (χ1) is 9.83. The van der Waals surface area contributed by atoms with Gasteiger partial charge in [-0.1, -0.05) is 0 Å². The van der Waals surface area contributed by atoms with Gasteiger partial charge in [-0.05, 0) is 30.3 Å². The number of aromatic nitrogens is 2. The van der Waals surface area contributed by atoms with E-state index in [1.807, 2.05) is 47.1 Å². The van der Waals surface area contributed by atoms with Crippen molar-refractivity contribution in [3.8, 4) is 28.5 Å². The number of pyridine rings is 1. The first-order valence-electron chi connectivity index (χ1n) is 6.26. The van der Waals surface area contributed by atoms with Crippen LogP contribution in [-0.2, 0) is 0 Å². The van der Waals surface area contributed by atoms with E-state index in [0.717, 1.165) is 34.2 Å². The van der Waals surface area contributed by atoms with Crippen molar-refractivity contribution in [2.24, 2.45) is 0 Å². The van der Waals surface area contributed by atoms with E-state index in [9.17, 15) is 0 Å². The molecule has 100 valence electrons. The van der Waals surface area contributed by atoms with Crippen LogP contribution in [0.2, 0.25) is 0 Å². The predicted molar refractivity (Wildman–Crippen MR) is 73.3 cm³/mol. The molecule has 20 heavy (non-hydrogen) atoms. The minimum atomic E-state index is 0.279. The Morgan fingerprint density at radius 2 is 2.00 bits per heavy atom. The fraction of sp³-hybridized carbons (Fsp3) is 0.133. The van der Waals surface area contributed by atoms with Gasteiger partial charge in [-0.15, -0.1) is 0 Å². The molecule has 0 radical (unpaired) electrons. The highest BCUT2D eigenvalue weighted by Gasteiger charge is 2.15. The molecule has 1 aromatic carbocycles. The molecule has 0 unspecified atom stereocenters. The van der Waals surface area contributed by atoms with E-state index in [2.05, 4.69) is 4.98 Å². The summed E-state index contributed by atoms with van der Waals surface area (Å²) in [6.45, 7) is 0.279. The number of nitrogens with zero attached hydrogens (tertiary/aromatic N) is 2. The molecule has 5 nitrogen and oxygen atoms in total. The van der Waals surface area contributed by atoms with Crippen LogP contribution < -0.4 is 14.2 Å². The van der Waals surface area contributed by atoms with Gasteiger partial charge in [0.25, 0.3) is 0 Å². The monoisotopic (exact) mass is 268 g/mol. The lowest BCUT2D eigenvalue weighted by molar-refractivity contribution is 0.174. The molecule has 4 rings (SSSR count). The van der Waals surface area contributed by atoms with E-state index in [4.69, 9.17) is 14.2 Å². The van der Waals surface area contributed by atoms with Gasteiger partial charge in [0.2, 0.25) is 6.79 Å². The van der Waals surface area contributed by atoms with Crippen molar-refractivity contribution in [1.82, 2.24) is 9.38 Å². The van der Waals surface area contributed by atoms with Gasteiger partial charge >= 0.3 is 0 Å². The number of hydrogen-bond donors (Lipinski definition) is 0. The topological polar surface area (TPSA) is 45.0 Å². The molecule has 5 heteroatoms. The Balaban J connectivity index is 1.81. The van der Waals surface area contributed by atoms with Crippen LogP contribution in [0.25, 0.3) is 16.9 Å². The highest BCUT2D eigenvalue weighted by atomic mass is 16.7. The molecule has 3 heterocycles. The van der Waals surface area contributed by atoms with Crippen LogP contribution in [0.3, 0.4) is 0 Å². The summed E-state index contributed by atoms with van der Waals surface area (Å²) in [5.74, 6) is 2.34. The van der Waals surface area contributed by atoms with Crippen LogP contribution in [0, 0.1) is 0 Å². The van der Waals surface area contributed by atoms with Gasteiger partial charge in [-0.25, -0.2) is 4.98 Å². The predicted octanol–water partition coefficient (Wildman–Crippen LogP) is 2.74. The third-order valence-corrected chi connectivity index (χ3v) is 3.33. The average molecular weight is 268 g/mol. The molecular formula is C15H12N2O3. The van der Waals surface area contributed by atoms with Gasteiger partial charge in [0.1, 0.15) is 11.4 Å². The zero-order valence-corrected chi connectivity index (χ0v) is 10.9. The van der Waals surface area contributed by atoms with Gasteiger partial charge < -0.3 is 18.6 Å². The van der Waals surface area contributed by atoms with Crippen LogP contribution in [-0.4, -0.2) is 23.3 Å². The third-order valence-electron chi connectivity index (χ3n) is 3.33. The highest BCUT2D eigenvalue weighted by Crippen LogP contribution is 2.35. The van der Waals surface area contributed by atoms with Gasteiger partial charge in [0.05, 0.1) is 19.0 Å². The van der Waals surface area contributed by atoms with Crippen molar-refractivity contribution in [2.75, 3.05) is 13.9 Å². The van der Waals surface area contributed by atoms with E-state index in [-0.39, 0.29) is 6.79 Å². The Morgan fingerprint density at radius 1 is 1.10 bits per heavy atom. The van der Waals surface area contributed by atoms with Crippen LogP contribution in [0.15, 0.2) is 42.7 Å². The summed E-state index contributed by atoms with van der Waals surface area (Å²) in [6.07, 6.45) is 3.87. The number of hydrogen-bond acceptors (Lipinski definition) is 4. The zero-order chi connectivity index (χ0) is 13.5. The number of methoxy groups -OCH3 is 1. The summed E-state index contributed by atoms with van der Waals surface area (Å²) in [7, 11) is 1.65. The molecule has 0 bridgehead atoms. The molecule has 0 fully saturated rings. The molecule has 3 aromatic rings. The molecule has 1 aliphatic heterocycles. The number of benzene rings is 1. The second-order valence-corrected chi connectivity index (χ2v) is 4.53. The molecule has 0 N–H and O–H groups in total. The Hall–Kier alpha value is -2.69. The normalized spacial score (nSPS) is 12.8. The Labute approximate surface area is 115 Å². The molecule has 2 aromatic heterocycles. The Kier molecular flexibility index (Phi) is 2.32. The zero-order valence-electron chi connectivity index (χ0n) is 10.9. The van der Waals surface area contributed by atoms with Crippen molar-refractivity contribution in [3.05, 3.63) is 42.7 Å². The van der Waals surface area contributed by atoms with Crippen LogP contribution in [0.4, 0.5) is 0 Å². The summed E-state index contributed by atoms with van der Waals surface area (Å²) in [5, 5.41) is 0. The maximum atomic E-state index is 5.39. The fourth-order valence-electron chi connectivity index (χ4n) is 2.29. The summed E-state index contributed by atoms with van der Waals surface area (Å²) in [5.41, 5.74) is 2.76. The first kappa shape index (κ1) is 11.2. The fourth-order valence-corrected chi connectivity index (χ4v) is 2.29. The van der Waals surface area contributed by atoms with E-state index in [0.29, 0.717) is 0 Å². The van der Waals surface area contributed by atoms with Gasteiger partial charge in [0.15, 0.2) is 11.5 Å². The second-order valence-electron chi connectivity index (χ2n) is 4.53. The van der Waals surface area contributed by atoms with E-state index < -0.39 is 0 Å². The van der Waals surface area contributed by atoms with Gasteiger partial charge in [-0.2, -0.15) is 0 Å². The molecular weight excluding hydrogens is 256 g/mol. The summed E-state index contributed by atoms with van der Waals surface area (Å²) < 4.78 is 17.9. The number of imidazole rings is 1. The SMILES string of the molecule is COc1ccc2nc(-c3ccc4c(c3)OCO4)cn2c1. The quantitative estimate of drug-likeness (QED) is 0.717. The Morgan fingerprint density at radius 3 is 2.90 bits per heavy atom. The van der Waals surface area contributed by atoms with Crippen LogP contribution in [0.5, 0.6) is 17.2 Å². The standard InChI is InChI=1S/C15H12N2O3/c1-18-11-3-5-15-16-12(8-17(15)7-11)10-2-4-13-14(6-10)20-9-19-13/h2-8H,9H2,1H3. The molecule has 0 saturated heterocycles. The van der Waals surface area contributed by atoms with E-state index in [1.54, 1.807) is 7.11 Å². The molecule has 0 atom stereocenters. The highest BCUT2D eigenvalue weighted by molar-refractivity contribution is 5.66. The minimum absolute atomic E-state index is 0.279. The number of rotatable bonds is 2. The van der Waals surface area contributed by atoms with E-state index in [1.165, 1.54) is 0 Å². The second kappa shape index (κ2) is 4.16. The minimum Gasteiger partial charge on any atom is -0.495 e. The van der Waals surface area contributed by atoms with Crippen molar-refractivity contribution in [1.29, 1.82) is 0 Å². The lowest BCUT2D eigenvalue weighted by atomic mass is 10.1. The maximum absolute atomic E-state index is 5.39. The third kappa shape index (κ3) is 1.67. The van der Waals surface area contributed by atoms with Crippen molar-refractivity contribution >= 4 is 5.65 Å². The molecule has 0 saturated carbocycles. The lowest BCUT2D eigenvalue weighted by Gasteiger charge is -1.99. The molecule has 0 spiro atoms. The van der Waals surface area contributed by atoms with Crippen molar-refractivity contribution in [3.63, 3.8) is 0 Å². The van der Waals surface area contributed by atoms with Crippen molar-refractivity contribution < 1.29 is 14.2 Å². The van der Waals surface area contributed by atoms with Crippen molar-refractivity contribution in [2.45, 2.75) is 0 Å². The molecule has 0 amide bonds. The van der Waals surface area contributed by atoms with Crippen LogP contribution >= 0.6 is 0 Å². The smallest absolute Gasteiger partial charge is 0.231 e. The average Bonchev–Trinajstić information content (AvgIpc) is 3.11. The summed E-state index contributed by atoms with van der Waals surface area (Å²) in [6, 6.07) is 9.65. The molecule has 0 aliphatic carbocycles. The summed E-state index contributed by atoms with van der Waals surface area (Å²) >= 11 is 0. The maximum Gasteiger partial charge on any atom is 0.231 e. The lowest BCUT2D eigenvalue weighted by Crippen LogP contribution is -1.92. The Bertz CT molecular complexity index is 795. The number of ether oxygens (including phenoxy) is 3. The summed E-state index contributed by atoms with van der Waals surface area (Å²) in [4.78, 5) is 4.59.